The molecule has 0 aliphatic carbocycles. The van der Waals surface area contributed by atoms with Crippen LogP contribution >= 0.6 is 0 Å². The molecule has 0 fully saturated rings. The van der Waals surface area contributed by atoms with Crippen molar-refractivity contribution in [2.24, 2.45) is 0 Å². The number of aromatic nitrogens is 1. The second-order valence-corrected chi connectivity index (χ2v) is 10.8. The second-order valence-electron chi connectivity index (χ2n) is 10.8. The Morgan fingerprint density at radius 3 is 2.47 bits per heavy atom. The van der Waals surface area contributed by atoms with Crippen molar-refractivity contribution >= 4 is 23.4 Å². The molecule has 1 amide bonds. The number of anilines is 2. The molecule has 200 valence electrons. The van der Waals surface area contributed by atoms with Crippen LogP contribution in [0.3, 0.4) is 0 Å². The van der Waals surface area contributed by atoms with E-state index in [1.54, 1.807) is 18.5 Å². The fourth-order valence-electron chi connectivity index (χ4n) is 4.90. The Labute approximate surface area is 225 Å². The highest BCUT2D eigenvalue weighted by atomic mass is 16.6. The third-order valence-corrected chi connectivity index (χ3v) is 6.92. The van der Waals surface area contributed by atoms with E-state index in [0.29, 0.717) is 24.9 Å². The van der Waals surface area contributed by atoms with Gasteiger partial charge in [-0.1, -0.05) is 23.8 Å². The molecule has 1 aliphatic heterocycles. The zero-order valence-electron chi connectivity index (χ0n) is 23.2. The van der Waals surface area contributed by atoms with Gasteiger partial charge in [0.1, 0.15) is 5.60 Å². The number of carbonyl (C=O) groups excluding carboxylic acids is 2. The first-order chi connectivity index (χ1) is 18.1. The Morgan fingerprint density at radius 1 is 1.08 bits per heavy atom. The highest BCUT2D eigenvalue weighted by Crippen LogP contribution is 2.37. The summed E-state index contributed by atoms with van der Waals surface area (Å²) in [6, 6.07) is 16.4. The van der Waals surface area contributed by atoms with Crippen molar-refractivity contribution in [3.05, 3.63) is 88.7 Å². The molecule has 2 aromatic carbocycles. The number of rotatable bonds is 6. The van der Waals surface area contributed by atoms with Gasteiger partial charge in [-0.05, 0) is 94.0 Å². The number of nitrogens with zero attached hydrogens (tertiary/aromatic N) is 3. The van der Waals surface area contributed by atoms with E-state index in [-0.39, 0.29) is 18.1 Å². The molecule has 38 heavy (non-hydrogen) atoms. The molecule has 1 aliphatic rings. The molecule has 1 unspecified atom stereocenters. The maximum atomic E-state index is 13.3. The molecule has 7 nitrogen and oxygen atoms in total. The minimum Gasteiger partial charge on any atom is -0.465 e. The van der Waals surface area contributed by atoms with Gasteiger partial charge in [0.15, 0.2) is 0 Å². The molecule has 1 atom stereocenters. The summed E-state index contributed by atoms with van der Waals surface area (Å²) in [6.45, 7) is 8.27. The average molecular weight is 516 g/mol. The number of esters is 1. The van der Waals surface area contributed by atoms with Crippen LogP contribution in [0.1, 0.15) is 65.8 Å². The number of methoxy groups -OCH3 is 1. The topological polar surface area (TPSA) is 72.0 Å². The third kappa shape index (κ3) is 6.15. The molecular weight excluding hydrogens is 478 g/mol. The van der Waals surface area contributed by atoms with Crippen molar-refractivity contribution in [1.82, 2.24) is 9.88 Å². The molecule has 0 radical (unpaired) electrons. The number of fused-ring (bicyclic) bond motifs is 1. The molecule has 0 bridgehead atoms. The summed E-state index contributed by atoms with van der Waals surface area (Å²) in [5.41, 5.74) is 6.45. The zero-order valence-corrected chi connectivity index (χ0v) is 23.2. The standard InChI is InChI=1S/C31H37N3O4/c1-21-7-10-24(11-8-21)33(5)25-12-13-26-22(19-25)16-18-34(30(36)38-31(2,3)4)28(26)14-9-23-20-32-17-15-27(23)29(35)37-6/h7-8,10-13,15,17,19-20,28H,9,14,16,18H2,1-6H3. The van der Waals surface area contributed by atoms with Crippen LogP contribution in [-0.4, -0.2) is 48.2 Å². The number of benzene rings is 2. The number of aryl methyl sites for hydroxylation is 2. The number of pyridine rings is 1. The first-order valence-corrected chi connectivity index (χ1v) is 13.0. The molecule has 4 rings (SSSR count). The summed E-state index contributed by atoms with van der Waals surface area (Å²) in [5.74, 6) is -0.390. The van der Waals surface area contributed by atoms with Gasteiger partial charge in [-0.15, -0.1) is 0 Å². The van der Waals surface area contributed by atoms with Gasteiger partial charge in [0.25, 0.3) is 0 Å². The molecular formula is C31H37N3O4. The van der Waals surface area contributed by atoms with E-state index in [4.69, 9.17) is 9.47 Å². The van der Waals surface area contributed by atoms with Crippen LogP contribution in [0.5, 0.6) is 0 Å². The summed E-state index contributed by atoms with van der Waals surface area (Å²) in [5, 5.41) is 0. The monoisotopic (exact) mass is 515 g/mol. The van der Waals surface area contributed by atoms with E-state index < -0.39 is 5.60 Å². The van der Waals surface area contributed by atoms with Gasteiger partial charge >= 0.3 is 12.1 Å². The quantitative estimate of drug-likeness (QED) is 0.353. The van der Waals surface area contributed by atoms with Crippen LogP contribution in [0.2, 0.25) is 0 Å². The van der Waals surface area contributed by atoms with Crippen molar-refractivity contribution in [3.8, 4) is 0 Å². The lowest BCUT2D eigenvalue weighted by molar-refractivity contribution is 0.0132. The van der Waals surface area contributed by atoms with Crippen LogP contribution in [0.4, 0.5) is 16.2 Å². The van der Waals surface area contributed by atoms with Gasteiger partial charge < -0.3 is 19.3 Å². The Kier molecular flexibility index (Phi) is 8.05. The number of carbonyl (C=O) groups is 2. The summed E-state index contributed by atoms with van der Waals surface area (Å²) in [6.07, 6.45) is 4.88. The van der Waals surface area contributed by atoms with Crippen molar-refractivity contribution in [2.75, 3.05) is 25.6 Å². The predicted octanol–water partition coefficient (Wildman–Crippen LogP) is 6.41. The highest BCUT2D eigenvalue weighted by Gasteiger charge is 2.34. The normalized spacial score (nSPS) is 15.0. The van der Waals surface area contributed by atoms with E-state index in [0.717, 1.165) is 28.9 Å². The Balaban J connectivity index is 1.65. The molecule has 3 aromatic rings. The molecule has 1 aromatic heterocycles. The van der Waals surface area contributed by atoms with Gasteiger partial charge in [0, 0.05) is 37.4 Å². The lowest BCUT2D eigenvalue weighted by Gasteiger charge is -2.39. The molecule has 0 N–H and O–H groups in total. The maximum Gasteiger partial charge on any atom is 0.410 e. The van der Waals surface area contributed by atoms with Crippen molar-refractivity contribution in [1.29, 1.82) is 0 Å². The predicted molar refractivity (Wildman–Crippen MR) is 149 cm³/mol. The van der Waals surface area contributed by atoms with Gasteiger partial charge in [-0.2, -0.15) is 0 Å². The van der Waals surface area contributed by atoms with Gasteiger partial charge in [0.05, 0.1) is 18.7 Å². The maximum absolute atomic E-state index is 13.3. The molecule has 7 heteroatoms. The lowest BCUT2D eigenvalue weighted by atomic mass is 9.88. The molecule has 2 heterocycles. The summed E-state index contributed by atoms with van der Waals surface area (Å²) in [4.78, 5) is 33.8. The van der Waals surface area contributed by atoms with Crippen LogP contribution < -0.4 is 4.90 Å². The Bertz CT molecular complexity index is 1300. The summed E-state index contributed by atoms with van der Waals surface area (Å²) < 4.78 is 10.7. The molecule has 0 saturated heterocycles. The van der Waals surface area contributed by atoms with E-state index in [1.807, 2.05) is 25.7 Å². The second kappa shape index (κ2) is 11.3. The van der Waals surface area contributed by atoms with Gasteiger partial charge in [-0.3, -0.25) is 4.98 Å². The Morgan fingerprint density at radius 2 is 1.79 bits per heavy atom. The first-order valence-electron chi connectivity index (χ1n) is 13.0. The lowest BCUT2D eigenvalue weighted by Crippen LogP contribution is -2.43. The summed E-state index contributed by atoms with van der Waals surface area (Å²) >= 11 is 0. The fourth-order valence-corrected chi connectivity index (χ4v) is 4.90. The minimum absolute atomic E-state index is 0.196. The van der Waals surface area contributed by atoms with Crippen molar-refractivity contribution in [3.63, 3.8) is 0 Å². The fraction of sp³-hybridized carbons (Fsp3) is 0.387. The Hall–Kier alpha value is -3.87. The van der Waals surface area contributed by atoms with Gasteiger partial charge in [0.2, 0.25) is 0 Å². The molecule has 0 saturated carbocycles. The van der Waals surface area contributed by atoms with E-state index in [9.17, 15) is 9.59 Å². The van der Waals surface area contributed by atoms with Gasteiger partial charge in [-0.25, -0.2) is 9.59 Å². The van der Waals surface area contributed by atoms with Crippen molar-refractivity contribution in [2.45, 2.75) is 58.6 Å². The number of hydrogen-bond donors (Lipinski definition) is 0. The zero-order chi connectivity index (χ0) is 27.4. The van der Waals surface area contributed by atoms with Crippen molar-refractivity contribution < 1.29 is 19.1 Å². The van der Waals surface area contributed by atoms with E-state index in [2.05, 4.69) is 66.3 Å². The smallest absolute Gasteiger partial charge is 0.410 e. The largest absolute Gasteiger partial charge is 0.465 e. The number of ether oxygens (including phenoxy) is 2. The number of hydrogen-bond acceptors (Lipinski definition) is 6. The van der Waals surface area contributed by atoms with Crippen LogP contribution in [0.25, 0.3) is 0 Å². The van der Waals surface area contributed by atoms with Crippen LogP contribution in [0, 0.1) is 6.92 Å². The first kappa shape index (κ1) is 27.2. The molecule has 0 spiro atoms. The minimum atomic E-state index is -0.593. The van der Waals surface area contributed by atoms with E-state index in [1.165, 1.54) is 18.2 Å². The van der Waals surface area contributed by atoms with E-state index >= 15 is 0 Å². The highest BCUT2D eigenvalue weighted by molar-refractivity contribution is 5.90. The average Bonchev–Trinajstić information content (AvgIpc) is 2.90. The van der Waals surface area contributed by atoms with Crippen LogP contribution in [0.15, 0.2) is 60.9 Å². The van der Waals surface area contributed by atoms with Crippen LogP contribution in [-0.2, 0) is 22.3 Å². The number of amides is 1. The summed E-state index contributed by atoms with van der Waals surface area (Å²) in [7, 11) is 3.44. The SMILES string of the molecule is COC(=O)c1ccncc1CCC1c2ccc(N(C)c3ccc(C)cc3)cc2CCN1C(=O)OC(C)(C)C. The third-order valence-electron chi connectivity index (χ3n) is 6.92.